The minimum Gasteiger partial charge on any atom is -0.337 e. The Kier molecular flexibility index (Phi) is 5.10. The topological polar surface area (TPSA) is 46.3 Å². The van der Waals surface area contributed by atoms with Gasteiger partial charge in [0.2, 0.25) is 5.91 Å². The number of hydrogen-bond donors (Lipinski definition) is 1. The maximum Gasteiger partial charge on any atom is 0.236 e. The number of hydrogen-bond acceptors (Lipinski definition) is 2. The molecule has 0 aliphatic rings. The van der Waals surface area contributed by atoms with Gasteiger partial charge in [0, 0.05) is 13.1 Å². The van der Waals surface area contributed by atoms with Crippen LogP contribution in [0.2, 0.25) is 0 Å². The minimum atomic E-state index is -0.269. The average molecular weight is 238 g/mol. The summed E-state index contributed by atoms with van der Waals surface area (Å²) in [4.78, 5) is 13.4. The van der Waals surface area contributed by atoms with Gasteiger partial charge in [0.15, 0.2) is 0 Å². The van der Waals surface area contributed by atoms with Crippen molar-refractivity contribution in [1.29, 1.82) is 0 Å². The first kappa shape index (κ1) is 13.6. The van der Waals surface area contributed by atoms with Crippen LogP contribution in [0.1, 0.15) is 19.4 Å². The Balaban J connectivity index is 2.71. The number of amides is 1. The Morgan fingerprint density at radius 2 is 1.94 bits per heavy atom. The maximum atomic E-state index is 12.8. The van der Waals surface area contributed by atoms with Gasteiger partial charge in [-0.2, -0.15) is 0 Å². The van der Waals surface area contributed by atoms with Crippen molar-refractivity contribution in [2.75, 3.05) is 13.1 Å². The largest absolute Gasteiger partial charge is 0.337 e. The number of carbonyl (C=O) groups excluding carboxylic acids is 1. The number of nitrogens with two attached hydrogens (primary N) is 1. The lowest BCUT2D eigenvalue weighted by Gasteiger charge is -2.24. The van der Waals surface area contributed by atoms with E-state index in [1.54, 1.807) is 17.0 Å². The van der Waals surface area contributed by atoms with Crippen LogP contribution >= 0.6 is 0 Å². The zero-order valence-corrected chi connectivity index (χ0v) is 10.3. The van der Waals surface area contributed by atoms with E-state index in [4.69, 9.17) is 5.73 Å². The molecule has 0 aliphatic heterocycles. The van der Waals surface area contributed by atoms with Gasteiger partial charge >= 0.3 is 0 Å². The van der Waals surface area contributed by atoms with Gasteiger partial charge < -0.3 is 10.6 Å². The summed E-state index contributed by atoms with van der Waals surface area (Å²) in [6, 6.07) is 6.17. The van der Waals surface area contributed by atoms with Crippen molar-refractivity contribution in [3.05, 3.63) is 35.6 Å². The molecule has 2 N–H and O–H groups in total. The lowest BCUT2D eigenvalue weighted by Crippen LogP contribution is -2.37. The van der Waals surface area contributed by atoms with Crippen molar-refractivity contribution in [3.63, 3.8) is 0 Å². The average Bonchev–Trinajstić information content (AvgIpc) is 2.29. The molecule has 0 aromatic heterocycles. The fraction of sp³-hybridized carbons (Fsp3) is 0.462. The van der Waals surface area contributed by atoms with Crippen LogP contribution in [0.4, 0.5) is 4.39 Å². The van der Waals surface area contributed by atoms with Crippen LogP contribution in [0.3, 0.4) is 0 Å². The summed E-state index contributed by atoms with van der Waals surface area (Å²) in [5.41, 5.74) is 6.29. The Hall–Kier alpha value is -1.42. The molecule has 0 atom stereocenters. The quantitative estimate of drug-likeness (QED) is 0.849. The van der Waals surface area contributed by atoms with Gasteiger partial charge in [-0.3, -0.25) is 4.79 Å². The van der Waals surface area contributed by atoms with Gasteiger partial charge in [0.05, 0.1) is 6.54 Å². The second-order valence-corrected chi connectivity index (χ2v) is 4.50. The van der Waals surface area contributed by atoms with E-state index in [1.807, 2.05) is 13.8 Å². The molecule has 0 radical (unpaired) electrons. The summed E-state index contributed by atoms with van der Waals surface area (Å²) < 4.78 is 12.8. The van der Waals surface area contributed by atoms with E-state index in [9.17, 15) is 9.18 Å². The summed E-state index contributed by atoms with van der Waals surface area (Å²) in [7, 11) is 0. The number of carbonyl (C=O) groups is 1. The SMILES string of the molecule is CC(C)CN(Cc1ccc(F)cc1)C(=O)CN. The fourth-order valence-corrected chi connectivity index (χ4v) is 1.63. The number of halogens is 1. The van der Waals surface area contributed by atoms with Crippen LogP contribution in [0, 0.1) is 11.7 Å². The van der Waals surface area contributed by atoms with Crippen LogP contribution in [-0.2, 0) is 11.3 Å². The highest BCUT2D eigenvalue weighted by Gasteiger charge is 2.13. The van der Waals surface area contributed by atoms with E-state index in [2.05, 4.69) is 0 Å². The van der Waals surface area contributed by atoms with Crippen molar-refractivity contribution in [3.8, 4) is 0 Å². The van der Waals surface area contributed by atoms with Gasteiger partial charge in [-0.15, -0.1) is 0 Å². The van der Waals surface area contributed by atoms with E-state index in [0.29, 0.717) is 19.0 Å². The molecule has 0 heterocycles. The van der Waals surface area contributed by atoms with Gasteiger partial charge in [-0.25, -0.2) is 4.39 Å². The van der Waals surface area contributed by atoms with Crippen LogP contribution in [0.25, 0.3) is 0 Å². The lowest BCUT2D eigenvalue weighted by molar-refractivity contribution is -0.130. The highest BCUT2D eigenvalue weighted by atomic mass is 19.1. The fourth-order valence-electron chi connectivity index (χ4n) is 1.63. The summed E-state index contributed by atoms with van der Waals surface area (Å²) in [5.74, 6) is 0.0308. The molecule has 4 heteroatoms. The van der Waals surface area contributed by atoms with Crippen molar-refractivity contribution in [2.45, 2.75) is 20.4 Å². The molecule has 1 aromatic carbocycles. The Bertz CT molecular complexity index is 362. The minimum absolute atomic E-state index is 0.00785. The molecule has 1 amide bonds. The predicted molar refractivity (Wildman–Crippen MR) is 65.7 cm³/mol. The molecular formula is C13H19FN2O. The van der Waals surface area contributed by atoms with Gasteiger partial charge in [0.1, 0.15) is 5.82 Å². The second kappa shape index (κ2) is 6.35. The van der Waals surface area contributed by atoms with E-state index >= 15 is 0 Å². The van der Waals surface area contributed by atoms with Crippen LogP contribution in [0.15, 0.2) is 24.3 Å². The van der Waals surface area contributed by atoms with Crippen molar-refractivity contribution in [2.24, 2.45) is 11.7 Å². The molecule has 0 spiro atoms. The van der Waals surface area contributed by atoms with Crippen molar-refractivity contribution >= 4 is 5.91 Å². The summed E-state index contributed by atoms with van der Waals surface area (Å²) in [5, 5.41) is 0. The van der Waals surface area contributed by atoms with Crippen LogP contribution in [0.5, 0.6) is 0 Å². The normalized spacial score (nSPS) is 10.6. The first-order valence-corrected chi connectivity index (χ1v) is 5.75. The molecule has 3 nitrogen and oxygen atoms in total. The molecule has 0 aliphatic carbocycles. The lowest BCUT2D eigenvalue weighted by atomic mass is 10.1. The van der Waals surface area contributed by atoms with Gasteiger partial charge in [0.25, 0.3) is 0 Å². The smallest absolute Gasteiger partial charge is 0.236 e. The maximum absolute atomic E-state index is 12.8. The molecule has 1 rings (SSSR count). The van der Waals surface area contributed by atoms with Crippen LogP contribution < -0.4 is 5.73 Å². The number of rotatable bonds is 5. The highest BCUT2D eigenvalue weighted by Crippen LogP contribution is 2.09. The van der Waals surface area contributed by atoms with Crippen molar-refractivity contribution < 1.29 is 9.18 Å². The van der Waals surface area contributed by atoms with E-state index in [1.165, 1.54) is 12.1 Å². The van der Waals surface area contributed by atoms with Gasteiger partial charge in [-0.05, 0) is 23.6 Å². The standard InChI is InChI=1S/C13H19FN2O/c1-10(2)8-16(13(17)7-15)9-11-3-5-12(14)6-4-11/h3-6,10H,7-9,15H2,1-2H3. The summed E-state index contributed by atoms with van der Waals surface area (Å²) >= 11 is 0. The zero-order valence-electron chi connectivity index (χ0n) is 10.3. The number of benzene rings is 1. The second-order valence-electron chi connectivity index (χ2n) is 4.50. The van der Waals surface area contributed by atoms with E-state index in [0.717, 1.165) is 5.56 Å². The van der Waals surface area contributed by atoms with Crippen LogP contribution in [-0.4, -0.2) is 23.9 Å². The predicted octanol–water partition coefficient (Wildman–Crippen LogP) is 1.77. The summed E-state index contributed by atoms with van der Waals surface area (Å²) in [6.07, 6.45) is 0. The molecule has 1 aromatic rings. The van der Waals surface area contributed by atoms with E-state index in [-0.39, 0.29) is 18.3 Å². The van der Waals surface area contributed by atoms with Crippen molar-refractivity contribution in [1.82, 2.24) is 4.90 Å². The summed E-state index contributed by atoms with van der Waals surface area (Å²) in [6.45, 7) is 5.23. The van der Waals surface area contributed by atoms with E-state index < -0.39 is 0 Å². The Morgan fingerprint density at radius 3 is 2.41 bits per heavy atom. The molecule has 0 unspecified atom stereocenters. The Labute approximate surface area is 101 Å². The Morgan fingerprint density at radius 1 is 1.35 bits per heavy atom. The first-order valence-electron chi connectivity index (χ1n) is 5.75. The zero-order chi connectivity index (χ0) is 12.8. The third-order valence-electron chi connectivity index (χ3n) is 2.40. The molecule has 0 saturated carbocycles. The number of nitrogens with zero attached hydrogens (tertiary/aromatic N) is 1. The molecule has 0 saturated heterocycles. The third kappa shape index (κ3) is 4.53. The molecule has 0 fully saturated rings. The molecular weight excluding hydrogens is 219 g/mol. The third-order valence-corrected chi connectivity index (χ3v) is 2.40. The molecule has 17 heavy (non-hydrogen) atoms. The molecule has 94 valence electrons. The highest BCUT2D eigenvalue weighted by molar-refractivity contribution is 5.78. The van der Waals surface area contributed by atoms with Gasteiger partial charge in [-0.1, -0.05) is 26.0 Å². The first-order chi connectivity index (χ1) is 8.02. The monoisotopic (exact) mass is 238 g/mol. The molecule has 0 bridgehead atoms.